The molecular formula is C12H24N2O6. The maximum absolute atomic E-state index is 11.5. The van der Waals surface area contributed by atoms with Crippen molar-refractivity contribution in [2.24, 2.45) is 0 Å². The molecule has 0 rings (SSSR count). The molecule has 0 aliphatic rings. The third-order valence-electron chi connectivity index (χ3n) is 2.41. The molecule has 0 saturated carbocycles. The summed E-state index contributed by atoms with van der Waals surface area (Å²) in [5.41, 5.74) is 0. The van der Waals surface area contributed by atoms with Crippen molar-refractivity contribution in [1.29, 1.82) is 0 Å². The van der Waals surface area contributed by atoms with Crippen LogP contribution >= 0.6 is 0 Å². The van der Waals surface area contributed by atoms with Gasteiger partial charge >= 0.3 is 12.0 Å². The maximum atomic E-state index is 11.5. The summed E-state index contributed by atoms with van der Waals surface area (Å²) in [5, 5.41) is 13.9. The molecule has 2 amide bonds. The predicted octanol–water partition coefficient (Wildman–Crippen LogP) is -0.172. The summed E-state index contributed by atoms with van der Waals surface area (Å²) in [6.07, 6.45) is 0.884. The topological polar surface area (TPSA) is 106 Å². The minimum Gasteiger partial charge on any atom is -0.480 e. The van der Waals surface area contributed by atoms with Crippen LogP contribution in [0.15, 0.2) is 0 Å². The van der Waals surface area contributed by atoms with E-state index in [9.17, 15) is 9.59 Å². The van der Waals surface area contributed by atoms with E-state index >= 15 is 0 Å². The Labute approximate surface area is 118 Å². The lowest BCUT2D eigenvalue weighted by Crippen LogP contribution is -2.46. The van der Waals surface area contributed by atoms with Gasteiger partial charge < -0.3 is 30.0 Å². The van der Waals surface area contributed by atoms with Crippen LogP contribution in [0.3, 0.4) is 0 Å². The number of rotatable bonds is 12. The first-order chi connectivity index (χ1) is 9.61. The molecule has 0 fully saturated rings. The van der Waals surface area contributed by atoms with Crippen LogP contribution < -0.4 is 10.6 Å². The van der Waals surface area contributed by atoms with E-state index in [-0.39, 0.29) is 0 Å². The largest absolute Gasteiger partial charge is 0.480 e. The third-order valence-corrected chi connectivity index (χ3v) is 2.41. The van der Waals surface area contributed by atoms with E-state index in [0.717, 1.165) is 0 Å². The second-order valence-corrected chi connectivity index (χ2v) is 4.03. The Balaban J connectivity index is 3.75. The monoisotopic (exact) mass is 292 g/mol. The molecule has 20 heavy (non-hydrogen) atoms. The lowest BCUT2D eigenvalue weighted by molar-refractivity contribution is -0.139. The summed E-state index contributed by atoms with van der Waals surface area (Å²) in [6, 6.07) is -1.44. The molecule has 0 aromatic carbocycles. The van der Waals surface area contributed by atoms with Crippen LogP contribution in [0, 0.1) is 0 Å². The molecule has 0 aliphatic carbocycles. The summed E-state index contributed by atoms with van der Waals surface area (Å²) < 4.78 is 14.8. The summed E-state index contributed by atoms with van der Waals surface area (Å²) in [6.45, 7) is 2.06. The van der Waals surface area contributed by atoms with Crippen molar-refractivity contribution in [1.82, 2.24) is 10.6 Å². The smallest absolute Gasteiger partial charge is 0.326 e. The van der Waals surface area contributed by atoms with Crippen LogP contribution in [0.5, 0.6) is 0 Å². The summed E-state index contributed by atoms with van der Waals surface area (Å²) >= 11 is 0. The van der Waals surface area contributed by atoms with E-state index < -0.39 is 18.0 Å². The van der Waals surface area contributed by atoms with Crippen LogP contribution in [-0.4, -0.2) is 70.3 Å². The van der Waals surface area contributed by atoms with E-state index in [1.54, 1.807) is 14.2 Å². The van der Waals surface area contributed by atoms with Crippen molar-refractivity contribution in [3.8, 4) is 0 Å². The van der Waals surface area contributed by atoms with Gasteiger partial charge in [0.15, 0.2) is 0 Å². The molecule has 0 aliphatic heterocycles. The van der Waals surface area contributed by atoms with Crippen LogP contribution in [0.4, 0.5) is 4.79 Å². The number of urea groups is 1. The summed E-state index contributed by atoms with van der Waals surface area (Å²) in [4.78, 5) is 22.4. The van der Waals surface area contributed by atoms with Crippen molar-refractivity contribution in [3.63, 3.8) is 0 Å². The van der Waals surface area contributed by atoms with Crippen molar-refractivity contribution in [2.45, 2.75) is 18.9 Å². The lowest BCUT2D eigenvalue weighted by atomic mass is 10.1. The number of carbonyl (C=O) groups is 2. The van der Waals surface area contributed by atoms with Gasteiger partial charge in [0.1, 0.15) is 6.04 Å². The highest BCUT2D eigenvalue weighted by atomic mass is 16.5. The minimum absolute atomic E-state index is 0.306. The van der Waals surface area contributed by atoms with Gasteiger partial charge in [0.2, 0.25) is 0 Å². The van der Waals surface area contributed by atoms with Gasteiger partial charge in [-0.05, 0) is 12.8 Å². The third kappa shape index (κ3) is 10.5. The predicted molar refractivity (Wildman–Crippen MR) is 71.8 cm³/mol. The Morgan fingerprint density at radius 3 is 2.40 bits per heavy atom. The van der Waals surface area contributed by atoms with Gasteiger partial charge in [-0.1, -0.05) is 0 Å². The number of carbonyl (C=O) groups excluding carboxylic acids is 1. The molecular weight excluding hydrogens is 268 g/mol. The summed E-state index contributed by atoms with van der Waals surface area (Å²) in [5.74, 6) is -1.06. The quantitative estimate of drug-likeness (QED) is 0.431. The lowest BCUT2D eigenvalue weighted by Gasteiger charge is -2.15. The Kier molecular flexibility index (Phi) is 11.8. The van der Waals surface area contributed by atoms with Gasteiger partial charge in [0.25, 0.3) is 0 Å². The zero-order chi connectivity index (χ0) is 15.2. The zero-order valence-corrected chi connectivity index (χ0v) is 12.0. The van der Waals surface area contributed by atoms with E-state index in [0.29, 0.717) is 45.8 Å². The fourth-order valence-corrected chi connectivity index (χ4v) is 1.38. The van der Waals surface area contributed by atoms with Gasteiger partial charge in [-0.15, -0.1) is 0 Å². The summed E-state index contributed by atoms with van der Waals surface area (Å²) in [7, 11) is 3.12. The number of carboxylic acid groups (broad SMARTS) is 1. The number of aliphatic carboxylic acids is 1. The van der Waals surface area contributed by atoms with E-state index in [1.807, 2.05) is 0 Å². The second kappa shape index (κ2) is 12.6. The number of ether oxygens (including phenoxy) is 3. The van der Waals surface area contributed by atoms with Crippen molar-refractivity contribution in [2.75, 3.05) is 47.2 Å². The molecule has 8 nitrogen and oxygen atoms in total. The first-order valence-electron chi connectivity index (χ1n) is 6.44. The fourth-order valence-electron chi connectivity index (χ4n) is 1.38. The molecule has 0 aromatic heterocycles. The highest BCUT2D eigenvalue weighted by Crippen LogP contribution is 1.98. The second-order valence-electron chi connectivity index (χ2n) is 4.03. The van der Waals surface area contributed by atoms with Gasteiger partial charge in [0.05, 0.1) is 19.8 Å². The van der Waals surface area contributed by atoms with Crippen LogP contribution in [0.25, 0.3) is 0 Å². The van der Waals surface area contributed by atoms with Gasteiger partial charge in [-0.25, -0.2) is 9.59 Å². The maximum Gasteiger partial charge on any atom is 0.326 e. The Bertz CT molecular complexity index is 275. The molecule has 0 radical (unpaired) electrons. The minimum atomic E-state index is -1.06. The number of hydrogen-bond acceptors (Lipinski definition) is 5. The molecule has 0 spiro atoms. The molecule has 3 N–H and O–H groups in total. The molecule has 1 unspecified atom stereocenters. The first kappa shape index (κ1) is 18.6. The molecule has 0 bridgehead atoms. The number of carboxylic acids is 1. The van der Waals surface area contributed by atoms with Crippen LogP contribution in [0.2, 0.25) is 0 Å². The Morgan fingerprint density at radius 1 is 1.10 bits per heavy atom. The standard InChI is InChI=1S/C12H24N2O6/c1-18-6-3-4-10(11(15)16)14-12(17)13-5-7-20-9-8-19-2/h10H,3-9H2,1-2H3,(H,15,16)(H2,13,14,17). The number of amides is 2. The first-order valence-corrected chi connectivity index (χ1v) is 6.44. The molecule has 1 atom stereocenters. The van der Waals surface area contributed by atoms with Crippen LogP contribution in [0.1, 0.15) is 12.8 Å². The van der Waals surface area contributed by atoms with Gasteiger partial charge in [0, 0.05) is 27.4 Å². The number of nitrogens with one attached hydrogen (secondary N) is 2. The van der Waals surface area contributed by atoms with Crippen molar-refractivity contribution >= 4 is 12.0 Å². The highest BCUT2D eigenvalue weighted by molar-refractivity contribution is 5.82. The average Bonchev–Trinajstić information content (AvgIpc) is 2.41. The molecule has 0 saturated heterocycles. The van der Waals surface area contributed by atoms with Crippen molar-refractivity contribution in [3.05, 3.63) is 0 Å². The molecule has 8 heteroatoms. The van der Waals surface area contributed by atoms with E-state index in [4.69, 9.17) is 19.3 Å². The van der Waals surface area contributed by atoms with Gasteiger partial charge in [-0.2, -0.15) is 0 Å². The number of methoxy groups -OCH3 is 2. The van der Waals surface area contributed by atoms with Crippen LogP contribution in [-0.2, 0) is 19.0 Å². The molecule has 0 aromatic rings. The van der Waals surface area contributed by atoms with Crippen molar-refractivity contribution < 1.29 is 28.9 Å². The average molecular weight is 292 g/mol. The molecule has 118 valence electrons. The molecule has 0 heterocycles. The Hall–Kier alpha value is -1.38. The fraction of sp³-hybridized carbons (Fsp3) is 0.833. The normalized spacial score (nSPS) is 11.9. The highest BCUT2D eigenvalue weighted by Gasteiger charge is 2.18. The van der Waals surface area contributed by atoms with E-state index in [1.165, 1.54) is 0 Å². The zero-order valence-electron chi connectivity index (χ0n) is 12.0. The Morgan fingerprint density at radius 2 is 1.80 bits per heavy atom. The van der Waals surface area contributed by atoms with Gasteiger partial charge in [-0.3, -0.25) is 0 Å². The number of hydrogen-bond donors (Lipinski definition) is 3. The SMILES string of the molecule is COCCCC(NC(=O)NCCOCCOC)C(=O)O. The van der Waals surface area contributed by atoms with E-state index in [2.05, 4.69) is 10.6 Å².